The molecule has 0 saturated carbocycles. The maximum absolute atomic E-state index is 4.41. The van der Waals surface area contributed by atoms with Crippen molar-refractivity contribution in [2.24, 2.45) is 0 Å². The van der Waals surface area contributed by atoms with Gasteiger partial charge in [0, 0.05) is 17.9 Å². The molecule has 0 saturated heterocycles. The van der Waals surface area contributed by atoms with Gasteiger partial charge in [-0.2, -0.15) is 0 Å². The predicted octanol–water partition coefficient (Wildman–Crippen LogP) is 3.82. The van der Waals surface area contributed by atoms with E-state index in [1.807, 2.05) is 19.3 Å². The van der Waals surface area contributed by atoms with E-state index in [1.54, 1.807) is 0 Å². The van der Waals surface area contributed by atoms with Crippen LogP contribution in [0.5, 0.6) is 0 Å². The summed E-state index contributed by atoms with van der Waals surface area (Å²) in [6.07, 6.45) is 2.86. The van der Waals surface area contributed by atoms with Crippen molar-refractivity contribution < 1.29 is 0 Å². The number of pyridine rings is 1. The van der Waals surface area contributed by atoms with Gasteiger partial charge in [-0.3, -0.25) is 4.98 Å². The Morgan fingerprint density at radius 3 is 2.30 bits per heavy atom. The van der Waals surface area contributed by atoms with Crippen molar-refractivity contribution >= 4 is 0 Å². The second-order valence-electron chi connectivity index (χ2n) is 5.60. The highest BCUT2D eigenvalue weighted by Crippen LogP contribution is 2.25. The number of benzene rings is 1. The third kappa shape index (κ3) is 3.07. The van der Waals surface area contributed by atoms with Crippen LogP contribution in [0.1, 0.15) is 39.6 Å². The van der Waals surface area contributed by atoms with Crippen molar-refractivity contribution in [3.05, 3.63) is 64.0 Å². The zero-order valence-corrected chi connectivity index (χ0v) is 13.1. The first-order chi connectivity index (χ1) is 9.52. The van der Waals surface area contributed by atoms with E-state index in [2.05, 4.69) is 56.2 Å². The second kappa shape index (κ2) is 6.19. The topological polar surface area (TPSA) is 24.9 Å². The zero-order valence-electron chi connectivity index (χ0n) is 13.1. The third-order valence-corrected chi connectivity index (χ3v) is 4.02. The normalized spacial score (nSPS) is 12.4. The first kappa shape index (κ1) is 14.7. The van der Waals surface area contributed by atoms with E-state index < -0.39 is 0 Å². The molecule has 1 heterocycles. The van der Waals surface area contributed by atoms with Crippen LogP contribution in [0, 0.1) is 27.7 Å². The summed E-state index contributed by atoms with van der Waals surface area (Å²) in [5.41, 5.74) is 7.93. The van der Waals surface area contributed by atoms with Gasteiger partial charge in [0.2, 0.25) is 0 Å². The summed E-state index contributed by atoms with van der Waals surface area (Å²) in [6.45, 7) is 8.65. The van der Waals surface area contributed by atoms with Crippen molar-refractivity contribution in [2.45, 2.75) is 40.2 Å². The maximum atomic E-state index is 4.41. The molecule has 2 aromatic rings. The molecule has 1 aromatic carbocycles. The van der Waals surface area contributed by atoms with Crippen LogP contribution in [0.2, 0.25) is 0 Å². The van der Waals surface area contributed by atoms with Crippen LogP contribution in [-0.2, 0) is 6.42 Å². The first-order valence-corrected chi connectivity index (χ1v) is 7.18. The molecule has 1 unspecified atom stereocenters. The summed E-state index contributed by atoms with van der Waals surface area (Å²) >= 11 is 0. The Hall–Kier alpha value is -1.67. The van der Waals surface area contributed by atoms with E-state index in [0.717, 1.165) is 12.1 Å². The summed E-state index contributed by atoms with van der Waals surface area (Å²) in [7, 11) is 2.02. The van der Waals surface area contributed by atoms with E-state index in [1.165, 1.54) is 27.8 Å². The summed E-state index contributed by atoms with van der Waals surface area (Å²) in [4.78, 5) is 4.41. The van der Waals surface area contributed by atoms with E-state index in [-0.39, 0.29) is 0 Å². The molecule has 2 rings (SSSR count). The molecule has 0 radical (unpaired) electrons. The maximum Gasteiger partial charge on any atom is 0.0420 e. The minimum absolute atomic E-state index is 0.309. The Kier molecular flexibility index (Phi) is 4.56. The minimum atomic E-state index is 0.309. The number of hydrogen-bond donors (Lipinski definition) is 1. The number of likely N-dealkylation sites (N-methyl/N-ethyl adjacent to an activating group) is 1. The fourth-order valence-corrected chi connectivity index (χ4v) is 2.97. The van der Waals surface area contributed by atoms with Crippen LogP contribution in [0.25, 0.3) is 0 Å². The molecule has 0 spiro atoms. The lowest BCUT2D eigenvalue weighted by atomic mass is 9.91. The fraction of sp³-hybridized carbons (Fsp3) is 0.389. The van der Waals surface area contributed by atoms with Crippen molar-refractivity contribution in [3.63, 3.8) is 0 Å². The number of aromatic nitrogens is 1. The van der Waals surface area contributed by atoms with Gasteiger partial charge in [-0.15, -0.1) is 0 Å². The molecule has 1 aromatic heterocycles. The minimum Gasteiger partial charge on any atom is -0.313 e. The van der Waals surface area contributed by atoms with E-state index in [9.17, 15) is 0 Å². The van der Waals surface area contributed by atoms with E-state index >= 15 is 0 Å². The Morgan fingerprint density at radius 1 is 1.10 bits per heavy atom. The average molecular weight is 268 g/mol. The van der Waals surface area contributed by atoms with Gasteiger partial charge < -0.3 is 5.32 Å². The molecule has 0 fully saturated rings. The largest absolute Gasteiger partial charge is 0.313 e. The lowest BCUT2D eigenvalue weighted by Crippen LogP contribution is -2.21. The fourth-order valence-electron chi connectivity index (χ4n) is 2.97. The molecule has 0 aliphatic carbocycles. The van der Waals surface area contributed by atoms with Crippen LogP contribution < -0.4 is 5.32 Å². The van der Waals surface area contributed by atoms with Crippen molar-refractivity contribution in [1.29, 1.82) is 0 Å². The highest BCUT2D eigenvalue weighted by atomic mass is 14.9. The molecule has 1 atom stereocenters. The molecule has 0 aliphatic rings. The van der Waals surface area contributed by atoms with Crippen LogP contribution >= 0.6 is 0 Å². The smallest absolute Gasteiger partial charge is 0.0420 e. The quantitative estimate of drug-likeness (QED) is 0.912. The van der Waals surface area contributed by atoms with Gasteiger partial charge in [-0.05, 0) is 69.5 Å². The zero-order chi connectivity index (χ0) is 14.7. The molecule has 0 aliphatic heterocycles. The van der Waals surface area contributed by atoms with Gasteiger partial charge in [0.05, 0.1) is 0 Å². The molecule has 0 bridgehead atoms. The van der Waals surface area contributed by atoms with Crippen LogP contribution in [0.3, 0.4) is 0 Å². The number of nitrogens with one attached hydrogen (secondary N) is 1. The van der Waals surface area contributed by atoms with Crippen molar-refractivity contribution in [3.8, 4) is 0 Å². The number of rotatable bonds is 4. The van der Waals surface area contributed by atoms with Gasteiger partial charge in [0.1, 0.15) is 0 Å². The Bertz CT molecular complexity index is 579. The van der Waals surface area contributed by atoms with E-state index in [0.29, 0.717) is 6.04 Å². The third-order valence-electron chi connectivity index (χ3n) is 4.02. The monoisotopic (exact) mass is 268 g/mol. The van der Waals surface area contributed by atoms with Gasteiger partial charge in [-0.1, -0.05) is 23.8 Å². The number of nitrogens with zero attached hydrogens (tertiary/aromatic N) is 1. The SMILES string of the molecule is CNC(Cc1c(C)cc(C)cc1C)c1cccnc1C. The van der Waals surface area contributed by atoms with Gasteiger partial charge in [0.25, 0.3) is 0 Å². The highest BCUT2D eigenvalue weighted by Gasteiger charge is 2.15. The molecular formula is C18H24N2. The van der Waals surface area contributed by atoms with Gasteiger partial charge >= 0.3 is 0 Å². The first-order valence-electron chi connectivity index (χ1n) is 7.18. The predicted molar refractivity (Wildman–Crippen MR) is 85.1 cm³/mol. The second-order valence-corrected chi connectivity index (χ2v) is 5.60. The number of hydrogen-bond acceptors (Lipinski definition) is 2. The summed E-state index contributed by atoms with van der Waals surface area (Å²) in [6, 6.07) is 9.03. The Labute approximate surface area is 122 Å². The molecule has 2 heteroatoms. The van der Waals surface area contributed by atoms with Crippen molar-refractivity contribution in [2.75, 3.05) is 7.05 Å². The van der Waals surface area contributed by atoms with Gasteiger partial charge in [-0.25, -0.2) is 0 Å². The molecule has 106 valence electrons. The standard InChI is InChI=1S/C18H24N2/c1-12-9-13(2)17(14(3)10-12)11-18(19-5)16-7-6-8-20-15(16)4/h6-10,18-19H,11H2,1-5H3. The Morgan fingerprint density at radius 2 is 1.75 bits per heavy atom. The lowest BCUT2D eigenvalue weighted by Gasteiger charge is -2.21. The highest BCUT2D eigenvalue weighted by molar-refractivity contribution is 5.39. The lowest BCUT2D eigenvalue weighted by molar-refractivity contribution is 0.583. The van der Waals surface area contributed by atoms with Gasteiger partial charge in [0.15, 0.2) is 0 Å². The summed E-state index contributed by atoms with van der Waals surface area (Å²) < 4.78 is 0. The molecule has 0 amide bonds. The van der Waals surface area contributed by atoms with Crippen LogP contribution in [0.15, 0.2) is 30.5 Å². The van der Waals surface area contributed by atoms with E-state index in [4.69, 9.17) is 0 Å². The Balaban J connectivity index is 2.35. The molecular weight excluding hydrogens is 244 g/mol. The van der Waals surface area contributed by atoms with Crippen LogP contribution in [0.4, 0.5) is 0 Å². The summed E-state index contributed by atoms with van der Waals surface area (Å²) in [5, 5.41) is 3.44. The van der Waals surface area contributed by atoms with Crippen LogP contribution in [-0.4, -0.2) is 12.0 Å². The van der Waals surface area contributed by atoms with Crippen molar-refractivity contribution in [1.82, 2.24) is 10.3 Å². The molecule has 1 N–H and O–H groups in total. The summed E-state index contributed by atoms with van der Waals surface area (Å²) in [5.74, 6) is 0. The number of aryl methyl sites for hydroxylation is 4. The molecule has 2 nitrogen and oxygen atoms in total. The molecule has 20 heavy (non-hydrogen) atoms. The average Bonchev–Trinajstić information content (AvgIpc) is 2.39.